The third kappa shape index (κ3) is 5.06. The van der Waals surface area contributed by atoms with Crippen LogP contribution in [0.25, 0.3) is 5.57 Å². The number of carbonyl (C=O) groups excluding carboxylic acids is 1. The van der Waals surface area contributed by atoms with Gasteiger partial charge in [-0.1, -0.05) is 35.9 Å². The lowest BCUT2D eigenvalue weighted by atomic mass is 9.95. The van der Waals surface area contributed by atoms with E-state index in [0.29, 0.717) is 35.2 Å². The summed E-state index contributed by atoms with van der Waals surface area (Å²) < 4.78 is 45.7. The highest BCUT2D eigenvalue weighted by molar-refractivity contribution is 7.91. The maximum absolute atomic E-state index is 14.8. The normalized spacial score (nSPS) is 21.0. The molecule has 1 saturated heterocycles. The Balaban J connectivity index is 1.36. The molecule has 0 saturated carbocycles. The number of aryl methyl sites for hydroxylation is 1. The van der Waals surface area contributed by atoms with E-state index in [4.69, 9.17) is 21.6 Å². The van der Waals surface area contributed by atoms with E-state index in [2.05, 4.69) is 21.0 Å². The Bertz CT molecular complexity index is 1630. The smallest absolute Gasteiger partial charge is 0.310 e. The molecule has 3 aromatic rings. The molecule has 0 aliphatic carbocycles. The summed E-state index contributed by atoms with van der Waals surface area (Å²) in [4.78, 5) is 23.4. The molecule has 3 aliphatic rings. The number of benzene rings is 2. The second-order valence-corrected chi connectivity index (χ2v) is 12.8. The number of hydrogen-bond donors (Lipinski definition) is 1. The topological polar surface area (TPSA) is 101 Å². The van der Waals surface area contributed by atoms with Crippen LogP contribution in [0.5, 0.6) is 0 Å². The molecule has 1 N–H and O–H groups in total. The number of aromatic nitrogens is 2. The van der Waals surface area contributed by atoms with Gasteiger partial charge < -0.3 is 15.0 Å². The molecule has 40 heavy (non-hydrogen) atoms. The summed E-state index contributed by atoms with van der Waals surface area (Å²) in [6, 6.07) is 12.4. The van der Waals surface area contributed by atoms with Crippen LogP contribution >= 0.6 is 11.6 Å². The number of fused-ring (bicyclic) bond motifs is 3. The van der Waals surface area contributed by atoms with Crippen molar-refractivity contribution in [2.45, 2.75) is 55.5 Å². The Labute approximate surface area is 237 Å². The fourth-order valence-electron chi connectivity index (χ4n) is 5.86. The Morgan fingerprint density at radius 3 is 2.70 bits per heavy atom. The van der Waals surface area contributed by atoms with Gasteiger partial charge in [0.05, 0.1) is 31.0 Å². The van der Waals surface area contributed by atoms with Gasteiger partial charge in [-0.3, -0.25) is 4.79 Å². The summed E-state index contributed by atoms with van der Waals surface area (Å²) in [6.45, 7) is 0. The van der Waals surface area contributed by atoms with Crippen LogP contribution in [0.3, 0.4) is 0 Å². The van der Waals surface area contributed by atoms with Crippen molar-refractivity contribution in [2.24, 2.45) is 0 Å². The molecule has 2 aromatic carbocycles. The lowest BCUT2D eigenvalue weighted by Gasteiger charge is -2.35. The van der Waals surface area contributed by atoms with Crippen molar-refractivity contribution in [3.8, 4) is 0 Å². The highest BCUT2D eigenvalue weighted by Gasteiger charge is 2.40. The van der Waals surface area contributed by atoms with Crippen LogP contribution in [-0.4, -0.2) is 49.3 Å². The largest absolute Gasteiger partial charge is 0.469 e. The molecule has 2 atom stereocenters. The zero-order valence-electron chi connectivity index (χ0n) is 21.9. The average molecular weight is 583 g/mol. The van der Waals surface area contributed by atoms with Crippen LogP contribution in [0.1, 0.15) is 42.5 Å². The van der Waals surface area contributed by atoms with Crippen LogP contribution in [0.15, 0.2) is 53.4 Å². The van der Waals surface area contributed by atoms with E-state index >= 15 is 0 Å². The van der Waals surface area contributed by atoms with Gasteiger partial charge in [0.25, 0.3) is 0 Å². The van der Waals surface area contributed by atoms with Crippen LogP contribution in [-0.2, 0) is 32.2 Å². The summed E-state index contributed by atoms with van der Waals surface area (Å²) in [6.07, 6.45) is 5.76. The van der Waals surface area contributed by atoms with Crippen LogP contribution in [0, 0.1) is 5.82 Å². The maximum atomic E-state index is 14.8. The number of anilines is 3. The van der Waals surface area contributed by atoms with Gasteiger partial charge in [0, 0.05) is 16.8 Å². The van der Waals surface area contributed by atoms with Crippen LogP contribution in [0.2, 0.25) is 5.02 Å². The van der Waals surface area contributed by atoms with E-state index in [1.54, 1.807) is 6.07 Å². The van der Waals surface area contributed by atoms with Gasteiger partial charge in [0.2, 0.25) is 5.95 Å². The molecule has 11 heteroatoms. The molecular formula is C29H28ClFN4O4S. The third-order valence-electron chi connectivity index (χ3n) is 7.78. The molecule has 0 spiro atoms. The standard InChI is InChI=1S/C29H28ClFN4O4S/c1-39-26(36)15-18-6-9-21(16-24(18)31)32-28-27-25(3-2-12-40(27,37)38)33-29(34-28)35-22-10-11-23(35)14-19(13-22)17-4-7-20(30)8-5-17/h4-9,13,16,22-23H,2-3,10-12,14-15H2,1H3,(H,32,33,34). The number of nitrogens with zero attached hydrogens (tertiary/aromatic N) is 3. The summed E-state index contributed by atoms with van der Waals surface area (Å²) >= 11 is 6.08. The van der Waals surface area contributed by atoms with E-state index in [1.165, 1.54) is 24.8 Å². The molecular weight excluding hydrogens is 555 g/mol. The highest BCUT2D eigenvalue weighted by Crippen LogP contribution is 2.42. The van der Waals surface area contributed by atoms with Crippen LogP contribution in [0.4, 0.5) is 21.8 Å². The first kappa shape index (κ1) is 26.7. The van der Waals surface area contributed by atoms with Gasteiger partial charge in [0.1, 0.15) is 10.7 Å². The quantitative estimate of drug-likeness (QED) is 0.392. The summed E-state index contributed by atoms with van der Waals surface area (Å²) in [5, 5.41) is 3.75. The van der Waals surface area contributed by atoms with Crippen LogP contribution < -0.4 is 10.2 Å². The zero-order chi connectivity index (χ0) is 28.0. The number of ether oxygens (including phenoxy) is 1. The first-order valence-corrected chi connectivity index (χ1v) is 15.3. The van der Waals surface area contributed by atoms with Gasteiger partial charge in [-0.25, -0.2) is 17.8 Å². The van der Waals surface area contributed by atoms with Gasteiger partial charge in [-0.15, -0.1) is 0 Å². The Kier molecular flexibility index (Phi) is 7.00. The van der Waals surface area contributed by atoms with Gasteiger partial charge in [-0.2, -0.15) is 4.98 Å². The van der Waals surface area contributed by atoms with E-state index < -0.39 is 21.6 Å². The van der Waals surface area contributed by atoms with E-state index in [1.807, 2.05) is 24.3 Å². The minimum atomic E-state index is -3.62. The lowest BCUT2D eigenvalue weighted by molar-refractivity contribution is -0.139. The average Bonchev–Trinajstić information content (AvgIpc) is 3.19. The lowest BCUT2D eigenvalue weighted by Crippen LogP contribution is -2.40. The van der Waals surface area contributed by atoms with Crippen molar-refractivity contribution in [2.75, 3.05) is 23.1 Å². The molecule has 0 radical (unpaired) electrons. The first-order valence-electron chi connectivity index (χ1n) is 13.2. The van der Waals surface area contributed by atoms with Crippen molar-refractivity contribution in [1.29, 1.82) is 0 Å². The number of sulfone groups is 1. The van der Waals surface area contributed by atoms with E-state index in [9.17, 15) is 17.6 Å². The predicted octanol–water partition coefficient (Wildman–Crippen LogP) is 5.27. The fraction of sp³-hybridized carbons (Fsp3) is 0.345. The molecule has 0 amide bonds. The van der Waals surface area contributed by atoms with E-state index in [0.717, 1.165) is 24.8 Å². The second-order valence-electron chi connectivity index (χ2n) is 10.4. The molecule has 1 fully saturated rings. The number of esters is 1. The second kappa shape index (κ2) is 10.5. The Morgan fingerprint density at radius 1 is 1.18 bits per heavy atom. The highest BCUT2D eigenvalue weighted by atomic mass is 35.5. The van der Waals surface area contributed by atoms with Crippen molar-refractivity contribution >= 4 is 50.4 Å². The third-order valence-corrected chi connectivity index (χ3v) is 9.91. The molecule has 8 nitrogen and oxygen atoms in total. The Morgan fingerprint density at radius 2 is 1.98 bits per heavy atom. The van der Waals surface area contributed by atoms with Gasteiger partial charge in [0.15, 0.2) is 15.7 Å². The van der Waals surface area contributed by atoms with Crippen molar-refractivity contribution in [1.82, 2.24) is 9.97 Å². The molecule has 208 valence electrons. The number of carbonyl (C=O) groups is 1. The SMILES string of the molecule is COC(=O)Cc1ccc(Nc2nc(N3C4C=C(c5ccc(Cl)cc5)CC3CC4)nc3c2S(=O)(=O)CCC3)cc1F. The van der Waals surface area contributed by atoms with E-state index in [-0.39, 0.29) is 40.5 Å². The maximum Gasteiger partial charge on any atom is 0.310 e. The van der Waals surface area contributed by atoms with Gasteiger partial charge in [-0.05, 0) is 73.1 Å². The monoisotopic (exact) mass is 582 g/mol. The van der Waals surface area contributed by atoms with Crippen molar-refractivity contribution in [3.05, 3.63) is 76.2 Å². The zero-order valence-corrected chi connectivity index (χ0v) is 23.4. The summed E-state index contributed by atoms with van der Waals surface area (Å²) in [7, 11) is -2.38. The van der Waals surface area contributed by atoms with Crippen molar-refractivity contribution < 1.29 is 22.3 Å². The number of nitrogens with one attached hydrogen (secondary N) is 1. The molecule has 3 aliphatic heterocycles. The number of rotatable bonds is 6. The first-order chi connectivity index (χ1) is 19.2. The predicted molar refractivity (Wildman–Crippen MR) is 151 cm³/mol. The number of hydrogen-bond acceptors (Lipinski definition) is 8. The molecule has 2 unspecified atom stereocenters. The fourth-order valence-corrected chi connectivity index (χ4v) is 7.62. The Hall–Kier alpha value is -3.50. The number of methoxy groups -OCH3 is 1. The van der Waals surface area contributed by atoms with Gasteiger partial charge >= 0.3 is 5.97 Å². The summed E-state index contributed by atoms with van der Waals surface area (Å²) in [5.74, 6) is -0.530. The number of halogens is 2. The van der Waals surface area contributed by atoms with Crippen molar-refractivity contribution in [3.63, 3.8) is 0 Å². The minimum absolute atomic E-state index is 0.00592. The molecule has 1 aromatic heterocycles. The molecule has 6 rings (SSSR count). The molecule has 4 heterocycles. The minimum Gasteiger partial charge on any atom is -0.469 e. The molecule has 2 bridgehead atoms. The summed E-state index contributed by atoms with van der Waals surface area (Å²) in [5.41, 5.74) is 3.38.